The van der Waals surface area contributed by atoms with E-state index in [1.165, 1.54) is 0 Å². The average Bonchev–Trinajstić information content (AvgIpc) is 3.21. The molecule has 0 fully saturated rings. The van der Waals surface area contributed by atoms with Crippen LogP contribution in [0.2, 0.25) is 0 Å². The zero-order valence-corrected chi connectivity index (χ0v) is 14.8. The highest BCUT2D eigenvalue weighted by Crippen LogP contribution is 2.12. The zero-order valence-electron chi connectivity index (χ0n) is 14.8. The first-order valence-electron chi connectivity index (χ1n) is 8.84. The maximum Gasteiger partial charge on any atom is 0.254 e. The minimum absolute atomic E-state index is 0.0445. The largest absolute Gasteiger partial charge is 0.337 e. The van der Waals surface area contributed by atoms with Gasteiger partial charge in [0.15, 0.2) is 0 Å². The number of hydrogen-bond donors (Lipinski definition) is 1. The van der Waals surface area contributed by atoms with E-state index in [0.29, 0.717) is 25.2 Å². The molecule has 0 radical (unpaired) electrons. The summed E-state index contributed by atoms with van der Waals surface area (Å²) in [5, 5.41) is 0. The monoisotopic (exact) mass is 348 g/mol. The van der Waals surface area contributed by atoms with E-state index in [4.69, 9.17) is 5.73 Å². The number of amides is 1. The van der Waals surface area contributed by atoms with Crippen LogP contribution in [0.15, 0.2) is 73.3 Å². The van der Waals surface area contributed by atoms with Gasteiger partial charge in [0.05, 0.1) is 6.33 Å². The number of rotatable bonds is 8. The molecular weight excluding hydrogens is 324 g/mol. The van der Waals surface area contributed by atoms with Crippen LogP contribution >= 0.6 is 0 Å². The van der Waals surface area contributed by atoms with Gasteiger partial charge in [-0.05, 0) is 29.7 Å². The van der Waals surface area contributed by atoms with Crippen LogP contribution in [-0.4, -0.2) is 26.9 Å². The third-order valence-corrected chi connectivity index (χ3v) is 4.34. The van der Waals surface area contributed by atoms with Crippen molar-refractivity contribution in [3.05, 3.63) is 90.0 Å². The first-order valence-corrected chi connectivity index (χ1v) is 8.84. The van der Waals surface area contributed by atoms with Crippen LogP contribution < -0.4 is 5.73 Å². The molecular formula is C21H24N4O. The number of nitrogens with zero attached hydrogens (tertiary/aromatic N) is 3. The molecule has 26 heavy (non-hydrogen) atoms. The molecule has 0 atom stereocenters. The summed E-state index contributed by atoms with van der Waals surface area (Å²) in [6.07, 6.45) is 6.38. The third-order valence-electron chi connectivity index (χ3n) is 4.34. The van der Waals surface area contributed by atoms with E-state index in [1.807, 2.05) is 70.3 Å². The topological polar surface area (TPSA) is 64.2 Å². The molecule has 2 aromatic carbocycles. The van der Waals surface area contributed by atoms with Crippen molar-refractivity contribution in [3.8, 4) is 0 Å². The van der Waals surface area contributed by atoms with Crippen LogP contribution in [0.4, 0.5) is 0 Å². The Balaban J connectivity index is 1.70. The Kier molecular flexibility index (Phi) is 6.17. The summed E-state index contributed by atoms with van der Waals surface area (Å²) < 4.78 is 2.03. The van der Waals surface area contributed by atoms with Gasteiger partial charge in [-0.1, -0.05) is 42.5 Å². The Morgan fingerprint density at radius 1 is 1.04 bits per heavy atom. The molecule has 5 heteroatoms. The van der Waals surface area contributed by atoms with Crippen molar-refractivity contribution >= 4 is 5.91 Å². The first kappa shape index (κ1) is 17.9. The molecule has 134 valence electrons. The van der Waals surface area contributed by atoms with Gasteiger partial charge in [0.25, 0.3) is 5.91 Å². The van der Waals surface area contributed by atoms with Gasteiger partial charge >= 0.3 is 0 Å². The van der Waals surface area contributed by atoms with E-state index >= 15 is 0 Å². The summed E-state index contributed by atoms with van der Waals surface area (Å²) in [6, 6.07) is 17.6. The van der Waals surface area contributed by atoms with Crippen molar-refractivity contribution in [1.82, 2.24) is 14.5 Å². The maximum atomic E-state index is 13.0. The lowest BCUT2D eigenvalue weighted by atomic mass is 10.1. The summed E-state index contributed by atoms with van der Waals surface area (Å²) in [4.78, 5) is 19.0. The molecule has 0 aliphatic rings. The van der Waals surface area contributed by atoms with Crippen LogP contribution in [-0.2, 0) is 19.6 Å². The van der Waals surface area contributed by atoms with Gasteiger partial charge in [0, 0.05) is 44.1 Å². The lowest BCUT2D eigenvalue weighted by Crippen LogP contribution is -2.32. The van der Waals surface area contributed by atoms with Crippen molar-refractivity contribution in [2.24, 2.45) is 5.73 Å². The summed E-state index contributed by atoms with van der Waals surface area (Å²) in [5.41, 5.74) is 8.49. The van der Waals surface area contributed by atoms with E-state index < -0.39 is 0 Å². The number of hydrogen-bond acceptors (Lipinski definition) is 3. The highest BCUT2D eigenvalue weighted by atomic mass is 16.2. The Hall–Kier alpha value is -2.92. The molecule has 3 aromatic rings. The lowest BCUT2D eigenvalue weighted by Gasteiger charge is -2.23. The zero-order chi connectivity index (χ0) is 18.2. The number of carbonyl (C=O) groups is 1. The van der Waals surface area contributed by atoms with E-state index in [0.717, 1.165) is 24.1 Å². The highest BCUT2D eigenvalue weighted by molar-refractivity contribution is 5.94. The molecule has 0 spiro atoms. The molecule has 1 amide bonds. The fourth-order valence-electron chi connectivity index (χ4n) is 2.89. The molecule has 0 bridgehead atoms. The third kappa shape index (κ3) is 4.80. The normalized spacial score (nSPS) is 10.7. The van der Waals surface area contributed by atoms with Gasteiger partial charge < -0.3 is 15.2 Å². The van der Waals surface area contributed by atoms with E-state index in [9.17, 15) is 4.79 Å². The Labute approximate surface area is 154 Å². The van der Waals surface area contributed by atoms with Crippen LogP contribution in [0.25, 0.3) is 0 Å². The minimum Gasteiger partial charge on any atom is -0.337 e. The van der Waals surface area contributed by atoms with Crippen LogP contribution in [0, 0.1) is 0 Å². The SMILES string of the molecule is NCc1ccc(C(=O)N(CCCn2ccnc2)Cc2ccccc2)cc1. The van der Waals surface area contributed by atoms with Gasteiger partial charge in [-0.2, -0.15) is 0 Å². The fourth-order valence-corrected chi connectivity index (χ4v) is 2.89. The van der Waals surface area contributed by atoms with Gasteiger partial charge in [0.1, 0.15) is 0 Å². The first-order chi connectivity index (χ1) is 12.8. The molecule has 0 saturated carbocycles. The van der Waals surface area contributed by atoms with E-state index in [-0.39, 0.29) is 5.91 Å². The predicted molar refractivity (Wildman–Crippen MR) is 102 cm³/mol. The number of benzene rings is 2. The van der Waals surface area contributed by atoms with Crippen molar-refractivity contribution < 1.29 is 4.79 Å². The number of aromatic nitrogens is 2. The molecule has 5 nitrogen and oxygen atoms in total. The molecule has 2 N–H and O–H groups in total. The lowest BCUT2D eigenvalue weighted by molar-refractivity contribution is 0.0739. The van der Waals surface area contributed by atoms with Crippen molar-refractivity contribution in [1.29, 1.82) is 0 Å². The maximum absolute atomic E-state index is 13.0. The summed E-state index contributed by atoms with van der Waals surface area (Å²) in [7, 11) is 0. The predicted octanol–water partition coefficient (Wildman–Crippen LogP) is 3.07. The van der Waals surface area contributed by atoms with Crippen LogP contribution in [0.3, 0.4) is 0 Å². The van der Waals surface area contributed by atoms with Crippen molar-refractivity contribution in [2.75, 3.05) is 6.54 Å². The number of imidazole rings is 1. The summed E-state index contributed by atoms with van der Waals surface area (Å²) >= 11 is 0. The second-order valence-corrected chi connectivity index (χ2v) is 6.27. The standard InChI is InChI=1S/C21H24N4O/c22-15-18-7-9-20(10-8-18)21(26)25(16-19-5-2-1-3-6-19)13-4-12-24-14-11-23-17-24/h1-3,5-11,14,17H,4,12-13,15-16,22H2. The fraction of sp³-hybridized carbons (Fsp3) is 0.238. The molecule has 0 aliphatic heterocycles. The molecule has 3 rings (SSSR count). The minimum atomic E-state index is 0.0445. The summed E-state index contributed by atoms with van der Waals surface area (Å²) in [6.45, 7) is 2.60. The molecule has 0 unspecified atom stereocenters. The molecule has 0 saturated heterocycles. The Morgan fingerprint density at radius 2 is 1.81 bits per heavy atom. The van der Waals surface area contributed by atoms with Gasteiger partial charge in [-0.25, -0.2) is 4.98 Å². The average molecular weight is 348 g/mol. The highest BCUT2D eigenvalue weighted by Gasteiger charge is 2.16. The van der Waals surface area contributed by atoms with Gasteiger partial charge in [-0.3, -0.25) is 4.79 Å². The number of carbonyl (C=O) groups excluding carboxylic acids is 1. The quantitative estimate of drug-likeness (QED) is 0.680. The van der Waals surface area contributed by atoms with E-state index in [2.05, 4.69) is 4.98 Å². The molecule has 0 aliphatic carbocycles. The Morgan fingerprint density at radius 3 is 2.46 bits per heavy atom. The number of aryl methyl sites for hydroxylation is 1. The molecule has 1 heterocycles. The van der Waals surface area contributed by atoms with Gasteiger partial charge in [0.2, 0.25) is 0 Å². The van der Waals surface area contributed by atoms with E-state index in [1.54, 1.807) is 12.5 Å². The number of nitrogens with two attached hydrogens (primary N) is 1. The van der Waals surface area contributed by atoms with Crippen molar-refractivity contribution in [3.63, 3.8) is 0 Å². The van der Waals surface area contributed by atoms with Crippen LogP contribution in [0.5, 0.6) is 0 Å². The summed E-state index contributed by atoms with van der Waals surface area (Å²) in [5.74, 6) is 0.0445. The Bertz CT molecular complexity index is 798. The molecule has 1 aromatic heterocycles. The second-order valence-electron chi connectivity index (χ2n) is 6.27. The van der Waals surface area contributed by atoms with Crippen LogP contribution in [0.1, 0.15) is 27.9 Å². The van der Waals surface area contributed by atoms with Gasteiger partial charge in [-0.15, -0.1) is 0 Å². The van der Waals surface area contributed by atoms with Crippen molar-refractivity contribution in [2.45, 2.75) is 26.1 Å². The second kappa shape index (κ2) is 8.97. The smallest absolute Gasteiger partial charge is 0.254 e.